The first kappa shape index (κ1) is 10.6. The van der Waals surface area contributed by atoms with Crippen LogP contribution in [0.1, 0.15) is 10.6 Å². The molecule has 1 heterocycles. The predicted octanol–water partition coefficient (Wildman–Crippen LogP) is 0.0868. The minimum absolute atomic E-state index is 0.287. The molecule has 0 unspecified atom stereocenters. The molecule has 0 radical (unpaired) electrons. The SMILES string of the molecule is Cc1ncsc1CN(C)S(N)(=O)=O. The van der Waals surface area contributed by atoms with Crippen LogP contribution in [0.15, 0.2) is 5.51 Å². The summed E-state index contributed by atoms with van der Waals surface area (Å²) in [6, 6.07) is 0. The molecule has 1 aromatic rings. The summed E-state index contributed by atoms with van der Waals surface area (Å²) in [6.07, 6.45) is 0. The average Bonchev–Trinajstić information content (AvgIpc) is 2.34. The summed E-state index contributed by atoms with van der Waals surface area (Å²) in [5.74, 6) is 0. The van der Waals surface area contributed by atoms with Gasteiger partial charge in [0.1, 0.15) is 0 Å². The van der Waals surface area contributed by atoms with Gasteiger partial charge < -0.3 is 0 Å². The van der Waals surface area contributed by atoms with Gasteiger partial charge in [-0.1, -0.05) is 0 Å². The molecule has 1 aromatic heterocycles. The maximum absolute atomic E-state index is 10.9. The lowest BCUT2D eigenvalue weighted by molar-refractivity contribution is 0.470. The Morgan fingerprint density at radius 1 is 1.69 bits per heavy atom. The number of rotatable bonds is 3. The Morgan fingerprint density at radius 3 is 2.69 bits per heavy atom. The van der Waals surface area contributed by atoms with Gasteiger partial charge in [0.25, 0.3) is 10.2 Å². The second kappa shape index (κ2) is 3.70. The van der Waals surface area contributed by atoms with Gasteiger partial charge in [-0.2, -0.15) is 12.7 Å². The van der Waals surface area contributed by atoms with Crippen LogP contribution in [0.5, 0.6) is 0 Å². The number of hydrogen-bond donors (Lipinski definition) is 1. The maximum Gasteiger partial charge on any atom is 0.276 e. The fourth-order valence-electron chi connectivity index (χ4n) is 0.770. The lowest BCUT2D eigenvalue weighted by atomic mass is 10.4. The highest BCUT2D eigenvalue weighted by molar-refractivity contribution is 7.86. The first-order valence-corrected chi connectivity index (χ1v) is 5.92. The van der Waals surface area contributed by atoms with E-state index in [4.69, 9.17) is 5.14 Å². The van der Waals surface area contributed by atoms with E-state index in [1.54, 1.807) is 5.51 Å². The molecule has 0 aliphatic heterocycles. The summed E-state index contributed by atoms with van der Waals surface area (Å²) < 4.78 is 22.8. The predicted molar refractivity (Wildman–Crippen MR) is 51.4 cm³/mol. The minimum Gasteiger partial charge on any atom is -0.250 e. The Hall–Kier alpha value is -0.500. The lowest BCUT2D eigenvalue weighted by Crippen LogP contribution is -2.32. The van der Waals surface area contributed by atoms with Gasteiger partial charge in [0.2, 0.25) is 0 Å². The van der Waals surface area contributed by atoms with Gasteiger partial charge >= 0.3 is 0 Å². The van der Waals surface area contributed by atoms with Crippen molar-refractivity contribution < 1.29 is 8.42 Å². The Balaban J connectivity index is 2.77. The first-order valence-electron chi connectivity index (χ1n) is 3.54. The van der Waals surface area contributed by atoms with Crippen LogP contribution < -0.4 is 5.14 Å². The minimum atomic E-state index is -3.58. The fourth-order valence-corrected chi connectivity index (χ4v) is 1.99. The van der Waals surface area contributed by atoms with Crippen LogP contribution in [0.3, 0.4) is 0 Å². The van der Waals surface area contributed by atoms with Gasteiger partial charge in [-0.15, -0.1) is 11.3 Å². The monoisotopic (exact) mass is 221 g/mol. The number of nitrogens with two attached hydrogens (primary N) is 1. The summed E-state index contributed by atoms with van der Waals surface area (Å²) in [5.41, 5.74) is 2.53. The largest absolute Gasteiger partial charge is 0.276 e. The number of aryl methyl sites for hydroxylation is 1. The van der Waals surface area contributed by atoms with E-state index in [1.807, 2.05) is 6.92 Å². The summed E-state index contributed by atoms with van der Waals surface area (Å²) >= 11 is 1.42. The lowest BCUT2D eigenvalue weighted by Gasteiger charge is -2.11. The van der Waals surface area contributed by atoms with Gasteiger partial charge in [-0.25, -0.2) is 10.1 Å². The zero-order chi connectivity index (χ0) is 10.1. The zero-order valence-corrected chi connectivity index (χ0v) is 9.02. The number of nitrogens with zero attached hydrogens (tertiary/aromatic N) is 2. The molecule has 1 rings (SSSR count). The smallest absolute Gasteiger partial charge is 0.250 e. The first-order chi connectivity index (χ1) is 5.91. The van der Waals surface area contributed by atoms with E-state index in [0.717, 1.165) is 14.9 Å². The van der Waals surface area contributed by atoms with E-state index in [0.29, 0.717) is 0 Å². The van der Waals surface area contributed by atoms with Crippen molar-refractivity contribution in [3.63, 3.8) is 0 Å². The molecular formula is C6H11N3O2S2. The summed E-state index contributed by atoms with van der Waals surface area (Å²) in [7, 11) is -2.14. The number of thiazole rings is 1. The average molecular weight is 221 g/mol. The molecule has 2 N–H and O–H groups in total. The van der Waals surface area contributed by atoms with Crippen molar-refractivity contribution in [3.8, 4) is 0 Å². The molecule has 0 fully saturated rings. The Labute approximate surface area is 81.4 Å². The second-order valence-corrected chi connectivity index (χ2v) is 5.25. The molecule has 74 valence electrons. The molecule has 0 spiro atoms. The van der Waals surface area contributed by atoms with Crippen molar-refractivity contribution in [2.45, 2.75) is 13.5 Å². The maximum atomic E-state index is 10.9. The van der Waals surface area contributed by atoms with Crippen LogP contribution in [0.2, 0.25) is 0 Å². The van der Waals surface area contributed by atoms with Crippen molar-refractivity contribution in [1.29, 1.82) is 0 Å². The van der Waals surface area contributed by atoms with E-state index in [1.165, 1.54) is 18.4 Å². The molecule has 0 aliphatic rings. The highest BCUT2D eigenvalue weighted by Crippen LogP contribution is 2.14. The molecular weight excluding hydrogens is 210 g/mol. The quantitative estimate of drug-likeness (QED) is 0.785. The summed E-state index contributed by atoms with van der Waals surface area (Å²) in [6.45, 7) is 2.12. The standard InChI is InChI=1S/C6H11N3O2S2/c1-5-6(12-4-8-5)3-9(2)13(7,10)11/h4H,3H2,1-2H3,(H2,7,10,11). The topological polar surface area (TPSA) is 76.3 Å². The molecule has 0 amide bonds. The van der Waals surface area contributed by atoms with Gasteiger partial charge in [-0.3, -0.25) is 0 Å². The number of aromatic nitrogens is 1. The van der Waals surface area contributed by atoms with E-state index >= 15 is 0 Å². The van der Waals surface area contributed by atoms with Gasteiger partial charge in [-0.05, 0) is 6.92 Å². The van der Waals surface area contributed by atoms with Gasteiger partial charge in [0.05, 0.1) is 17.7 Å². The fraction of sp³-hybridized carbons (Fsp3) is 0.500. The Kier molecular flexibility index (Phi) is 3.01. The Morgan fingerprint density at radius 2 is 2.31 bits per heavy atom. The van der Waals surface area contributed by atoms with Crippen LogP contribution in [-0.2, 0) is 16.8 Å². The van der Waals surface area contributed by atoms with Gasteiger partial charge in [0.15, 0.2) is 0 Å². The molecule has 0 aromatic carbocycles. The van der Waals surface area contributed by atoms with Crippen LogP contribution in [0.25, 0.3) is 0 Å². The molecule has 13 heavy (non-hydrogen) atoms. The van der Waals surface area contributed by atoms with E-state index < -0.39 is 10.2 Å². The summed E-state index contributed by atoms with van der Waals surface area (Å²) in [5, 5.41) is 4.93. The van der Waals surface area contributed by atoms with Crippen LogP contribution in [0, 0.1) is 6.92 Å². The molecule has 0 saturated carbocycles. The third kappa shape index (κ3) is 2.73. The van der Waals surface area contributed by atoms with E-state index in [2.05, 4.69) is 4.98 Å². The third-order valence-corrected chi connectivity index (χ3v) is 3.56. The molecule has 0 saturated heterocycles. The highest BCUT2D eigenvalue weighted by atomic mass is 32.2. The van der Waals surface area contributed by atoms with Crippen molar-refractivity contribution in [1.82, 2.24) is 9.29 Å². The van der Waals surface area contributed by atoms with Crippen LogP contribution >= 0.6 is 11.3 Å². The van der Waals surface area contributed by atoms with Crippen LogP contribution in [-0.4, -0.2) is 24.8 Å². The van der Waals surface area contributed by atoms with Gasteiger partial charge in [0, 0.05) is 11.9 Å². The number of hydrogen-bond acceptors (Lipinski definition) is 4. The molecule has 0 bridgehead atoms. The van der Waals surface area contributed by atoms with Crippen molar-refractivity contribution in [3.05, 3.63) is 16.1 Å². The molecule has 5 nitrogen and oxygen atoms in total. The van der Waals surface area contributed by atoms with Crippen LogP contribution in [0.4, 0.5) is 0 Å². The highest BCUT2D eigenvalue weighted by Gasteiger charge is 2.13. The molecule has 7 heteroatoms. The molecule has 0 atom stereocenters. The normalized spacial score (nSPS) is 12.3. The van der Waals surface area contributed by atoms with E-state index in [9.17, 15) is 8.42 Å². The summed E-state index contributed by atoms with van der Waals surface area (Å²) in [4.78, 5) is 4.92. The van der Waals surface area contributed by atoms with E-state index in [-0.39, 0.29) is 6.54 Å². The van der Waals surface area contributed by atoms with Crippen molar-refractivity contribution >= 4 is 21.5 Å². The van der Waals surface area contributed by atoms with Crippen molar-refractivity contribution in [2.75, 3.05) is 7.05 Å². The van der Waals surface area contributed by atoms with Crippen molar-refractivity contribution in [2.24, 2.45) is 5.14 Å². The molecule has 0 aliphatic carbocycles. The Bertz CT molecular complexity index is 384. The second-order valence-electron chi connectivity index (χ2n) is 2.66. The third-order valence-electron chi connectivity index (χ3n) is 1.65. The zero-order valence-electron chi connectivity index (χ0n) is 7.39.